The predicted molar refractivity (Wildman–Crippen MR) is 101 cm³/mol. The van der Waals surface area contributed by atoms with E-state index in [4.69, 9.17) is 9.47 Å². The fraction of sp³-hybridized carbons (Fsp3) is 0.700. The van der Waals surface area contributed by atoms with Gasteiger partial charge in [-0.25, -0.2) is 0 Å². The molecule has 1 aromatic rings. The number of hydrogen-bond acceptors (Lipinski definition) is 5. The summed E-state index contributed by atoms with van der Waals surface area (Å²) in [4.78, 5) is 4.76. The third kappa shape index (κ3) is 8.29. The molecule has 5 nitrogen and oxygen atoms in total. The summed E-state index contributed by atoms with van der Waals surface area (Å²) in [5.41, 5.74) is 2.55. The van der Waals surface area contributed by atoms with E-state index >= 15 is 0 Å². The number of nitrogens with zero attached hydrogens (tertiary/aromatic N) is 2. The topological polar surface area (TPSA) is 45.2 Å². The van der Waals surface area contributed by atoms with Gasteiger partial charge in [0.25, 0.3) is 0 Å². The zero-order valence-corrected chi connectivity index (χ0v) is 16.0. The summed E-state index contributed by atoms with van der Waals surface area (Å²) in [5.74, 6) is 0. The van der Waals surface area contributed by atoms with Crippen LogP contribution in [0.2, 0.25) is 0 Å². The molecule has 25 heavy (non-hydrogen) atoms. The molecule has 0 saturated carbocycles. The van der Waals surface area contributed by atoms with Crippen LogP contribution in [0.3, 0.4) is 0 Å². The van der Waals surface area contributed by atoms with E-state index in [2.05, 4.69) is 41.0 Å². The van der Waals surface area contributed by atoms with Crippen LogP contribution >= 0.6 is 0 Å². The van der Waals surface area contributed by atoms with E-state index in [0.717, 1.165) is 45.9 Å². The molecule has 1 aliphatic heterocycles. The normalized spacial score (nSPS) is 17.4. The van der Waals surface area contributed by atoms with E-state index in [1.165, 1.54) is 11.1 Å². The Morgan fingerprint density at radius 3 is 2.52 bits per heavy atom. The molecule has 1 aromatic carbocycles. The predicted octanol–water partition coefficient (Wildman–Crippen LogP) is 1.92. The molecule has 0 amide bonds. The zero-order chi connectivity index (χ0) is 18.1. The molecule has 0 bridgehead atoms. The van der Waals surface area contributed by atoms with Crippen molar-refractivity contribution in [2.45, 2.75) is 39.5 Å². The lowest BCUT2D eigenvalue weighted by Crippen LogP contribution is -2.43. The van der Waals surface area contributed by atoms with Crippen LogP contribution in [0.25, 0.3) is 0 Å². The fourth-order valence-corrected chi connectivity index (χ4v) is 2.95. The lowest BCUT2D eigenvalue weighted by atomic mass is 10.1. The van der Waals surface area contributed by atoms with Crippen molar-refractivity contribution in [1.82, 2.24) is 9.80 Å². The van der Waals surface area contributed by atoms with Crippen molar-refractivity contribution in [3.63, 3.8) is 0 Å². The van der Waals surface area contributed by atoms with Crippen LogP contribution in [0.5, 0.6) is 0 Å². The van der Waals surface area contributed by atoms with Gasteiger partial charge in [0, 0.05) is 39.3 Å². The zero-order valence-electron chi connectivity index (χ0n) is 16.0. The van der Waals surface area contributed by atoms with Crippen LogP contribution in [-0.4, -0.2) is 79.7 Å². The molecule has 1 heterocycles. The standard InChI is InChI=1S/C20H34N2O3/c1-17(2)25-16-20(23)15-22(9-8-21-10-12-24-13-11-21)14-19-6-4-18(3)5-7-19/h4-7,17,20,23H,8-16H2,1-3H3/t20-/m0/s1. The first-order valence-electron chi connectivity index (χ1n) is 9.40. The van der Waals surface area contributed by atoms with Gasteiger partial charge in [0.2, 0.25) is 0 Å². The van der Waals surface area contributed by atoms with Gasteiger partial charge < -0.3 is 14.6 Å². The van der Waals surface area contributed by atoms with Gasteiger partial charge in [-0.15, -0.1) is 0 Å². The monoisotopic (exact) mass is 350 g/mol. The Morgan fingerprint density at radius 1 is 1.20 bits per heavy atom. The summed E-state index contributed by atoms with van der Waals surface area (Å²) in [5, 5.41) is 10.3. The number of aliphatic hydroxyl groups is 1. The summed E-state index contributed by atoms with van der Waals surface area (Å²) in [6.45, 7) is 13.5. The first-order valence-corrected chi connectivity index (χ1v) is 9.40. The maximum absolute atomic E-state index is 10.3. The molecular formula is C20H34N2O3. The largest absolute Gasteiger partial charge is 0.389 e. The number of aliphatic hydroxyl groups excluding tert-OH is 1. The Bertz CT molecular complexity index is 472. The average Bonchev–Trinajstić information content (AvgIpc) is 2.61. The number of ether oxygens (including phenoxy) is 2. The number of hydrogen-bond donors (Lipinski definition) is 1. The van der Waals surface area contributed by atoms with Gasteiger partial charge in [0.15, 0.2) is 0 Å². The van der Waals surface area contributed by atoms with Crippen molar-refractivity contribution in [2.24, 2.45) is 0 Å². The van der Waals surface area contributed by atoms with Gasteiger partial charge >= 0.3 is 0 Å². The third-order valence-electron chi connectivity index (χ3n) is 4.45. The molecule has 1 aliphatic rings. The Labute approximate surface area is 152 Å². The molecule has 0 spiro atoms. The highest BCUT2D eigenvalue weighted by Gasteiger charge is 2.16. The lowest BCUT2D eigenvalue weighted by molar-refractivity contribution is -0.0129. The van der Waals surface area contributed by atoms with E-state index in [1.54, 1.807) is 0 Å². The van der Waals surface area contributed by atoms with Crippen molar-refractivity contribution in [3.8, 4) is 0 Å². The van der Waals surface area contributed by atoms with Gasteiger partial charge in [0.05, 0.1) is 32.0 Å². The third-order valence-corrected chi connectivity index (χ3v) is 4.45. The summed E-state index contributed by atoms with van der Waals surface area (Å²) < 4.78 is 11.0. The smallest absolute Gasteiger partial charge is 0.0900 e. The van der Waals surface area contributed by atoms with E-state index < -0.39 is 6.10 Å². The molecule has 2 rings (SSSR count). The van der Waals surface area contributed by atoms with Crippen LogP contribution < -0.4 is 0 Å². The summed E-state index contributed by atoms with van der Waals surface area (Å²) in [6.07, 6.45) is -0.314. The minimum atomic E-state index is -0.461. The van der Waals surface area contributed by atoms with E-state index in [-0.39, 0.29) is 6.10 Å². The number of morpholine rings is 1. The maximum Gasteiger partial charge on any atom is 0.0900 e. The summed E-state index contributed by atoms with van der Waals surface area (Å²) >= 11 is 0. The van der Waals surface area contributed by atoms with Crippen LogP contribution in [-0.2, 0) is 16.0 Å². The van der Waals surface area contributed by atoms with E-state index in [1.807, 2.05) is 13.8 Å². The van der Waals surface area contributed by atoms with Crippen molar-refractivity contribution in [2.75, 3.05) is 52.5 Å². The maximum atomic E-state index is 10.3. The lowest BCUT2D eigenvalue weighted by Gasteiger charge is -2.31. The molecule has 1 saturated heterocycles. The quantitative estimate of drug-likeness (QED) is 0.698. The molecule has 0 aromatic heterocycles. The van der Waals surface area contributed by atoms with Crippen LogP contribution in [0.15, 0.2) is 24.3 Å². The molecule has 5 heteroatoms. The van der Waals surface area contributed by atoms with Crippen molar-refractivity contribution in [1.29, 1.82) is 0 Å². The van der Waals surface area contributed by atoms with Crippen molar-refractivity contribution < 1.29 is 14.6 Å². The van der Waals surface area contributed by atoms with Gasteiger partial charge in [-0.3, -0.25) is 9.80 Å². The highest BCUT2D eigenvalue weighted by atomic mass is 16.5. The Balaban J connectivity index is 1.88. The molecule has 142 valence electrons. The Kier molecular flexibility index (Phi) is 8.85. The second kappa shape index (κ2) is 10.9. The Morgan fingerprint density at radius 2 is 1.88 bits per heavy atom. The highest BCUT2D eigenvalue weighted by molar-refractivity contribution is 5.21. The molecule has 0 radical (unpaired) electrons. The molecule has 1 atom stereocenters. The van der Waals surface area contributed by atoms with Crippen LogP contribution in [0.1, 0.15) is 25.0 Å². The van der Waals surface area contributed by atoms with Gasteiger partial charge in [-0.05, 0) is 26.3 Å². The van der Waals surface area contributed by atoms with Crippen LogP contribution in [0.4, 0.5) is 0 Å². The molecule has 1 N–H and O–H groups in total. The van der Waals surface area contributed by atoms with E-state index in [9.17, 15) is 5.11 Å². The average molecular weight is 351 g/mol. The Hall–Kier alpha value is -0.980. The van der Waals surface area contributed by atoms with Gasteiger partial charge in [0.1, 0.15) is 0 Å². The second-order valence-corrected chi connectivity index (χ2v) is 7.21. The number of aryl methyl sites for hydroxylation is 1. The molecule has 0 aliphatic carbocycles. The summed E-state index contributed by atoms with van der Waals surface area (Å²) in [7, 11) is 0. The number of rotatable bonds is 10. The molecule has 0 unspecified atom stereocenters. The number of benzene rings is 1. The van der Waals surface area contributed by atoms with Gasteiger partial charge in [-0.2, -0.15) is 0 Å². The minimum Gasteiger partial charge on any atom is -0.389 e. The molecular weight excluding hydrogens is 316 g/mol. The molecule has 1 fully saturated rings. The van der Waals surface area contributed by atoms with Crippen molar-refractivity contribution in [3.05, 3.63) is 35.4 Å². The SMILES string of the molecule is Cc1ccc(CN(CCN2CCOCC2)C[C@H](O)COC(C)C)cc1. The van der Waals surface area contributed by atoms with Gasteiger partial charge in [-0.1, -0.05) is 29.8 Å². The first kappa shape index (κ1) is 20.3. The second-order valence-electron chi connectivity index (χ2n) is 7.21. The van der Waals surface area contributed by atoms with Crippen LogP contribution in [0, 0.1) is 6.92 Å². The van der Waals surface area contributed by atoms with Crippen molar-refractivity contribution >= 4 is 0 Å². The fourth-order valence-electron chi connectivity index (χ4n) is 2.95. The first-order chi connectivity index (χ1) is 12.0. The minimum absolute atomic E-state index is 0.147. The highest BCUT2D eigenvalue weighted by Crippen LogP contribution is 2.09. The summed E-state index contributed by atoms with van der Waals surface area (Å²) in [6, 6.07) is 8.64. The van der Waals surface area contributed by atoms with E-state index in [0.29, 0.717) is 13.2 Å².